The maximum absolute atomic E-state index is 5.31. The lowest BCUT2D eigenvalue weighted by atomic mass is 10.4. The van der Waals surface area contributed by atoms with Crippen molar-refractivity contribution in [3.63, 3.8) is 0 Å². The molecular weight excluding hydrogens is 142 g/mol. The molecule has 4 nitrogen and oxygen atoms in total. The molecule has 0 aliphatic carbocycles. The molecule has 62 valence electrons. The summed E-state index contributed by atoms with van der Waals surface area (Å²) in [6.07, 6.45) is 4.13. The van der Waals surface area contributed by atoms with E-state index in [-0.39, 0.29) is 0 Å². The van der Waals surface area contributed by atoms with Gasteiger partial charge in [0.05, 0.1) is 12.7 Å². The molecule has 3 N–H and O–H groups in total. The van der Waals surface area contributed by atoms with Crippen molar-refractivity contribution in [2.24, 2.45) is 5.73 Å². The molecule has 0 aliphatic rings. The molecule has 0 amide bonds. The number of oxazole rings is 1. The Labute approximate surface area is 65.8 Å². The first-order chi connectivity index (χ1) is 5.43. The van der Waals surface area contributed by atoms with Gasteiger partial charge in [0.1, 0.15) is 5.76 Å². The molecule has 1 heterocycles. The molecule has 0 atom stereocenters. The van der Waals surface area contributed by atoms with Gasteiger partial charge in [-0.05, 0) is 19.5 Å². The molecule has 11 heavy (non-hydrogen) atoms. The predicted molar refractivity (Wildman–Crippen MR) is 41.9 cm³/mol. The molecule has 0 radical (unpaired) electrons. The van der Waals surface area contributed by atoms with E-state index < -0.39 is 0 Å². The summed E-state index contributed by atoms with van der Waals surface area (Å²) < 4.78 is 5.01. The minimum absolute atomic E-state index is 0.726. The molecule has 1 aromatic rings. The highest BCUT2D eigenvalue weighted by atomic mass is 16.3. The van der Waals surface area contributed by atoms with E-state index in [4.69, 9.17) is 10.2 Å². The van der Waals surface area contributed by atoms with Crippen LogP contribution in [0.1, 0.15) is 12.2 Å². The number of hydrogen-bond donors (Lipinski definition) is 2. The van der Waals surface area contributed by atoms with Crippen LogP contribution in [0.4, 0.5) is 0 Å². The van der Waals surface area contributed by atoms with Crippen LogP contribution in [0.15, 0.2) is 17.0 Å². The van der Waals surface area contributed by atoms with Crippen molar-refractivity contribution >= 4 is 0 Å². The fourth-order valence-corrected chi connectivity index (χ4v) is 0.768. The molecule has 0 spiro atoms. The Bertz CT molecular complexity index is 174. The quantitative estimate of drug-likeness (QED) is 0.592. The van der Waals surface area contributed by atoms with Gasteiger partial charge in [0.25, 0.3) is 0 Å². The monoisotopic (exact) mass is 155 g/mol. The number of rotatable bonds is 5. The standard InChI is InChI=1S/C7H13N3O/c8-2-1-3-9-4-7-5-10-6-11-7/h5-6,9H,1-4,8H2. The Hall–Kier alpha value is -0.870. The normalized spacial score (nSPS) is 10.3. The van der Waals surface area contributed by atoms with E-state index in [1.807, 2.05) is 0 Å². The van der Waals surface area contributed by atoms with Gasteiger partial charge in [-0.15, -0.1) is 0 Å². The number of hydrogen-bond acceptors (Lipinski definition) is 4. The number of aromatic nitrogens is 1. The van der Waals surface area contributed by atoms with E-state index in [0.717, 1.165) is 31.8 Å². The third-order valence-electron chi connectivity index (χ3n) is 1.34. The van der Waals surface area contributed by atoms with Gasteiger partial charge in [0, 0.05) is 0 Å². The van der Waals surface area contributed by atoms with Crippen LogP contribution in [0, 0.1) is 0 Å². The zero-order chi connectivity index (χ0) is 7.94. The van der Waals surface area contributed by atoms with Crippen LogP contribution in [0.2, 0.25) is 0 Å². The van der Waals surface area contributed by atoms with Gasteiger partial charge in [-0.25, -0.2) is 4.98 Å². The van der Waals surface area contributed by atoms with Crippen LogP contribution in [0.25, 0.3) is 0 Å². The van der Waals surface area contributed by atoms with Crippen LogP contribution in [0.5, 0.6) is 0 Å². The topological polar surface area (TPSA) is 64.1 Å². The lowest BCUT2D eigenvalue weighted by molar-refractivity contribution is 0.478. The molecule has 1 rings (SSSR count). The maximum Gasteiger partial charge on any atom is 0.180 e. The Morgan fingerprint density at radius 2 is 2.55 bits per heavy atom. The Morgan fingerprint density at radius 1 is 1.64 bits per heavy atom. The summed E-state index contributed by atoms with van der Waals surface area (Å²) in [6.45, 7) is 2.39. The van der Waals surface area contributed by atoms with Gasteiger partial charge in [0.2, 0.25) is 0 Å². The highest BCUT2D eigenvalue weighted by Gasteiger charge is 1.93. The van der Waals surface area contributed by atoms with Gasteiger partial charge < -0.3 is 15.5 Å². The smallest absolute Gasteiger partial charge is 0.180 e. The molecule has 0 bridgehead atoms. The van der Waals surface area contributed by atoms with Crippen LogP contribution in [0.3, 0.4) is 0 Å². The molecule has 0 aliphatic heterocycles. The lowest BCUT2D eigenvalue weighted by Gasteiger charge is -1.98. The van der Waals surface area contributed by atoms with Crippen molar-refractivity contribution in [2.75, 3.05) is 13.1 Å². The molecule has 0 aromatic carbocycles. The third-order valence-corrected chi connectivity index (χ3v) is 1.34. The maximum atomic E-state index is 5.31. The highest BCUT2D eigenvalue weighted by molar-refractivity contribution is 4.86. The summed E-state index contributed by atoms with van der Waals surface area (Å²) in [6, 6.07) is 0. The minimum atomic E-state index is 0.726. The second-order valence-corrected chi connectivity index (χ2v) is 2.29. The number of nitrogens with two attached hydrogens (primary N) is 1. The average molecular weight is 155 g/mol. The van der Waals surface area contributed by atoms with Gasteiger partial charge in [-0.1, -0.05) is 0 Å². The van der Waals surface area contributed by atoms with E-state index in [1.165, 1.54) is 6.39 Å². The van der Waals surface area contributed by atoms with Gasteiger partial charge >= 0.3 is 0 Å². The average Bonchev–Trinajstić information content (AvgIpc) is 2.50. The largest absolute Gasteiger partial charge is 0.447 e. The number of nitrogens with one attached hydrogen (secondary N) is 1. The van der Waals surface area contributed by atoms with E-state index >= 15 is 0 Å². The van der Waals surface area contributed by atoms with Crippen LogP contribution in [-0.4, -0.2) is 18.1 Å². The molecule has 0 unspecified atom stereocenters. The first-order valence-electron chi connectivity index (χ1n) is 3.71. The summed E-state index contributed by atoms with van der Waals surface area (Å²) in [4.78, 5) is 3.79. The number of nitrogens with zero attached hydrogens (tertiary/aromatic N) is 1. The SMILES string of the molecule is NCCCNCc1cnco1. The van der Waals surface area contributed by atoms with E-state index in [9.17, 15) is 0 Å². The van der Waals surface area contributed by atoms with Crippen LogP contribution in [-0.2, 0) is 6.54 Å². The second kappa shape index (κ2) is 4.87. The summed E-state index contributed by atoms with van der Waals surface area (Å²) >= 11 is 0. The summed E-state index contributed by atoms with van der Waals surface area (Å²) in [7, 11) is 0. The van der Waals surface area contributed by atoms with Crippen molar-refractivity contribution in [1.29, 1.82) is 0 Å². The molecule has 0 saturated heterocycles. The molecule has 1 aromatic heterocycles. The first kappa shape index (κ1) is 8.23. The van der Waals surface area contributed by atoms with E-state index in [1.54, 1.807) is 6.20 Å². The zero-order valence-corrected chi connectivity index (χ0v) is 6.42. The molecule has 4 heteroatoms. The van der Waals surface area contributed by atoms with Crippen LogP contribution >= 0.6 is 0 Å². The van der Waals surface area contributed by atoms with Crippen molar-refractivity contribution in [2.45, 2.75) is 13.0 Å². The summed E-state index contributed by atoms with van der Waals surface area (Å²) in [5.74, 6) is 0.863. The Kier molecular flexibility index (Phi) is 3.64. The van der Waals surface area contributed by atoms with Crippen molar-refractivity contribution in [1.82, 2.24) is 10.3 Å². The van der Waals surface area contributed by atoms with Gasteiger partial charge in [-0.3, -0.25) is 0 Å². The molecule has 0 saturated carbocycles. The highest BCUT2D eigenvalue weighted by Crippen LogP contribution is 1.94. The van der Waals surface area contributed by atoms with Gasteiger partial charge in [-0.2, -0.15) is 0 Å². The minimum Gasteiger partial charge on any atom is -0.447 e. The zero-order valence-electron chi connectivity index (χ0n) is 6.42. The van der Waals surface area contributed by atoms with Crippen LogP contribution < -0.4 is 11.1 Å². The fraction of sp³-hybridized carbons (Fsp3) is 0.571. The van der Waals surface area contributed by atoms with Crippen molar-refractivity contribution in [3.8, 4) is 0 Å². The fourth-order valence-electron chi connectivity index (χ4n) is 0.768. The lowest BCUT2D eigenvalue weighted by Crippen LogP contribution is -2.17. The van der Waals surface area contributed by atoms with Gasteiger partial charge in [0.15, 0.2) is 6.39 Å². The predicted octanol–water partition coefficient (Wildman–Crippen LogP) is 0.113. The Morgan fingerprint density at radius 3 is 3.18 bits per heavy atom. The second-order valence-electron chi connectivity index (χ2n) is 2.29. The molecular formula is C7H13N3O. The summed E-state index contributed by atoms with van der Waals surface area (Å²) in [5, 5.41) is 3.17. The van der Waals surface area contributed by atoms with Crippen molar-refractivity contribution in [3.05, 3.63) is 18.4 Å². The summed E-state index contributed by atoms with van der Waals surface area (Å²) in [5.41, 5.74) is 5.31. The third kappa shape index (κ3) is 3.15. The van der Waals surface area contributed by atoms with Crippen molar-refractivity contribution < 1.29 is 4.42 Å². The van der Waals surface area contributed by atoms with E-state index in [2.05, 4.69) is 10.3 Å². The van der Waals surface area contributed by atoms with E-state index in [0.29, 0.717) is 0 Å². The Balaban J connectivity index is 2.04. The molecule has 0 fully saturated rings. The first-order valence-corrected chi connectivity index (χ1v) is 3.71.